The molecule has 0 spiro atoms. The van der Waals surface area contributed by atoms with Crippen LogP contribution in [0.1, 0.15) is 11.1 Å². The predicted octanol–water partition coefficient (Wildman–Crippen LogP) is 3.82. The third-order valence-corrected chi connectivity index (χ3v) is 3.78. The van der Waals surface area contributed by atoms with Crippen LogP contribution in [0.25, 0.3) is 0 Å². The molecule has 110 valence electrons. The average Bonchev–Trinajstić information content (AvgIpc) is 2.53. The van der Waals surface area contributed by atoms with E-state index in [9.17, 15) is 0 Å². The minimum atomic E-state index is 0.554. The lowest BCUT2D eigenvalue weighted by molar-refractivity contribution is 0.402. The maximum absolute atomic E-state index is 6.13. The van der Waals surface area contributed by atoms with Crippen molar-refractivity contribution in [3.8, 4) is 11.5 Å². The lowest BCUT2D eigenvalue weighted by Gasteiger charge is -2.13. The molecule has 0 aliphatic rings. The minimum Gasteiger partial charge on any atom is -0.497 e. The summed E-state index contributed by atoms with van der Waals surface area (Å²) in [6.07, 6.45) is 0. The highest BCUT2D eigenvalue weighted by molar-refractivity contribution is 7.80. The Morgan fingerprint density at radius 2 is 1.90 bits per heavy atom. The van der Waals surface area contributed by atoms with E-state index in [0.717, 1.165) is 16.9 Å². The van der Waals surface area contributed by atoms with Crippen LogP contribution in [0.5, 0.6) is 11.5 Å². The summed E-state index contributed by atoms with van der Waals surface area (Å²) in [6.45, 7) is 0.554. The van der Waals surface area contributed by atoms with E-state index < -0.39 is 0 Å². The monoisotopic (exact) mass is 321 g/mol. The standard InChI is InChI=1S/C16H16ClNO2S/c1-19-12-7-8-15(20-2)13(9-12)16(21)18-10-11-5-3-4-6-14(11)17/h3-9H,10H2,1-2H3,(H,18,21). The van der Waals surface area contributed by atoms with Gasteiger partial charge in [-0.25, -0.2) is 0 Å². The Hall–Kier alpha value is -1.78. The highest BCUT2D eigenvalue weighted by Gasteiger charge is 2.10. The van der Waals surface area contributed by atoms with Gasteiger partial charge in [0.2, 0.25) is 0 Å². The number of nitrogens with one attached hydrogen (secondary N) is 1. The highest BCUT2D eigenvalue weighted by atomic mass is 35.5. The van der Waals surface area contributed by atoms with Crippen LogP contribution in [0.15, 0.2) is 42.5 Å². The van der Waals surface area contributed by atoms with Crippen LogP contribution < -0.4 is 14.8 Å². The Labute approximate surface area is 134 Å². The minimum absolute atomic E-state index is 0.554. The van der Waals surface area contributed by atoms with Crippen LogP contribution in [0.4, 0.5) is 0 Å². The molecule has 0 unspecified atom stereocenters. The molecule has 2 aromatic rings. The Morgan fingerprint density at radius 1 is 1.14 bits per heavy atom. The number of halogens is 1. The van der Waals surface area contributed by atoms with Crippen LogP contribution >= 0.6 is 23.8 Å². The number of ether oxygens (including phenoxy) is 2. The summed E-state index contributed by atoms with van der Waals surface area (Å²) in [4.78, 5) is 0.589. The number of thiocarbonyl (C=S) groups is 1. The van der Waals surface area contributed by atoms with Gasteiger partial charge in [-0.15, -0.1) is 0 Å². The molecule has 0 radical (unpaired) electrons. The van der Waals surface area contributed by atoms with Gasteiger partial charge in [-0.3, -0.25) is 0 Å². The van der Waals surface area contributed by atoms with Gasteiger partial charge in [-0.2, -0.15) is 0 Å². The predicted molar refractivity (Wildman–Crippen MR) is 89.5 cm³/mol. The van der Waals surface area contributed by atoms with E-state index in [1.807, 2.05) is 42.5 Å². The first-order chi connectivity index (χ1) is 10.2. The lowest BCUT2D eigenvalue weighted by atomic mass is 10.1. The number of hydrogen-bond donors (Lipinski definition) is 1. The van der Waals surface area contributed by atoms with Gasteiger partial charge in [0, 0.05) is 11.6 Å². The normalized spacial score (nSPS) is 10.0. The topological polar surface area (TPSA) is 30.5 Å². The van der Waals surface area contributed by atoms with Gasteiger partial charge in [0.15, 0.2) is 0 Å². The summed E-state index contributed by atoms with van der Waals surface area (Å²) in [6, 6.07) is 13.2. The first kappa shape index (κ1) is 15.6. The summed E-state index contributed by atoms with van der Waals surface area (Å²) in [5.41, 5.74) is 1.78. The zero-order valence-corrected chi connectivity index (χ0v) is 13.4. The second-order valence-corrected chi connectivity index (χ2v) is 5.16. The molecule has 0 saturated heterocycles. The van der Waals surface area contributed by atoms with Crippen molar-refractivity contribution in [1.29, 1.82) is 0 Å². The molecule has 0 aliphatic carbocycles. The summed E-state index contributed by atoms with van der Waals surface area (Å²) < 4.78 is 10.6. The van der Waals surface area contributed by atoms with Crippen LogP contribution in [-0.2, 0) is 6.54 Å². The maximum atomic E-state index is 6.13. The fraction of sp³-hybridized carbons (Fsp3) is 0.188. The van der Waals surface area contributed by atoms with Crippen molar-refractivity contribution in [2.75, 3.05) is 14.2 Å². The molecule has 0 saturated carbocycles. The molecular formula is C16H16ClNO2S. The molecule has 21 heavy (non-hydrogen) atoms. The van der Waals surface area contributed by atoms with Crippen molar-refractivity contribution in [1.82, 2.24) is 5.32 Å². The molecule has 1 N–H and O–H groups in total. The molecule has 0 heterocycles. The molecule has 2 aromatic carbocycles. The molecule has 3 nitrogen and oxygen atoms in total. The Morgan fingerprint density at radius 3 is 2.57 bits per heavy atom. The zero-order chi connectivity index (χ0) is 15.2. The molecule has 0 fully saturated rings. The maximum Gasteiger partial charge on any atom is 0.129 e. The lowest BCUT2D eigenvalue weighted by Crippen LogP contribution is -2.22. The zero-order valence-electron chi connectivity index (χ0n) is 11.9. The largest absolute Gasteiger partial charge is 0.497 e. The Bertz CT molecular complexity index is 646. The van der Waals surface area contributed by atoms with Crippen molar-refractivity contribution >= 4 is 28.8 Å². The first-order valence-corrected chi connectivity index (χ1v) is 7.18. The molecule has 0 aromatic heterocycles. The van der Waals surface area contributed by atoms with Gasteiger partial charge in [-0.05, 0) is 29.8 Å². The summed E-state index contributed by atoms with van der Waals surface area (Å²) in [5.74, 6) is 1.43. The number of hydrogen-bond acceptors (Lipinski definition) is 3. The van der Waals surface area contributed by atoms with E-state index in [2.05, 4.69) is 5.32 Å². The van der Waals surface area contributed by atoms with Crippen molar-refractivity contribution in [2.24, 2.45) is 0 Å². The molecule has 5 heteroatoms. The van der Waals surface area contributed by atoms with E-state index >= 15 is 0 Å². The smallest absolute Gasteiger partial charge is 0.129 e. The molecule has 0 amide bonds. The van der Waals surface area contributed by atoms with E-state index in [1.54, 1.807) is 14.2 Å². The van der Waals surface area contributed by atoms with Crippen LogP contribution in [0, 0.1) is 0 Å². The van der Waals surface area contributed by atoms with Gasteiger partial charge in [-0.1, -0.05) is 42.0 Å². The molecular weight excluding hydrogens is 306 g/mol. The third-order valence-electron chi connectivity index (χ3n) is 3.05. The Kier molecular flexibility index (Phi) is 5.42. The second kappa shape index (κ2) is 7.29. The fourth-order valence-electron chi connectivity index (χ4n) is 1.90. The van der Waals surface area contributed by atoms with Gasteiger partial charge in [0.25, 0.3) is 0 Å². The van der Waals surface area contributed by atoms with Crippen molar-refractivity contribution in [3.63, 3.8) is 0 Å². The second-order valence-electron chi connectivity index (χ2n) is 4.34. The molecule has 2 rings (SSSR count). The van der Waals surface area contributed by atoms with Crippen LogP contribution in [0.3, 0.4) is 0 Å². The molecule has 0 bridgehead atoms. The van der Waals surface area contributed by atoms with Crippen molar-refractivity contribution < 1.29 is 9.47 Å². The fourth-order valence-corrected chi connectivity index (χ4v) is 2.34. The van der Waals surface area contributed by atoms with E-state index in [4.69, 9.17) is 33.3 Å². The van der Waals surface area contributed by atoms with Gasteiger partial charge >= 0.3 is 0 Å². The van der Waals surface area contributed by atoms with Crippen molar-refractivity contribution in [2.45, 2.75) is 6.54 Å². The van der Waals surface area contributed by atoms with Crippen molar-refractivity contribution in [3.05, 3.63) is 58.6 Å². The average molecular weight is 322 g/mol. The van der Waals surface area contributed by atoms with Crippen LogP contribution in [0.2, 0.25) is 5.02 Å². The number of methoxy groups -OCH3 is 2. The summed E-state index contributed by atoms with van der Waals surface area (Å²) in [7, 11) is 3.23. The quantitative estimate of drug-likeness (QED) is 0.848. The third kappa shape index (κ3) is 3.86. The SMILES string of the molecule is COc1ccc(OC)c(C(=S)NCc2ccccc2Cl)c1. The van der Waals surface area contributed by atoms with Gasteiger partial charge < -0.3 is 14.8 Å². The van der Waals surface area contributed by atoms with Crippen LogP contribution in [-0.4, -0.2) is 19.2 Å². The van der Waals surface area contributed by atoms with Gasteiger partial charge in [0.1, 0.15) is 16.5 Å². The van der Waals surface area contributed by atoms with E-state index in [1.165, 1.54) is 0 Å². The van der Waals surface area contributed by atoms with E-state index in [0.29, 0.717) is 22.3 Å². The van der Waals surface area contributed by atoms with Gasteiger partial charge in [0.05, 0.1) is 19.8 Å². The van der Waals surface area contributed by atoms with E-state index in [-0.39, 0.29) is 0 Å². The highest BCUT2D eigenvalue weighted by Crippen LogP contribution is 2.24. The first-order valence-electron chi connectivity index (χ1n) is 6.39. The molecule has 0 atom stereocenters. The Balaban J connectivity index is 2.15. The number of benzene rings is 2. The molecule has 0 aliphatic heterocycles. The summed E-state index contributed by atoms with van der Waals surface area (Å²) in [5, 5.41) is 3.91. The number of rotatable bonds is 5. The summed E-state index contributed by atoms with van der Waals surface area (Å²) >= 11 is 11.6.